The number of carbonyl (C=O) groups excluding carboxylic acids is 1. The number of hydrogen-bond donors (Lipinski definition) is 0. The first-order valence-corrected chi connectivity index (χ1v) is 6.18. The summed E-state index contributed by atoms with van der Waals surface area (Å²) in [5, 5.41) is 0. The van der Waals surface area contributed by atoms with Crippen LogP contribution in [0, 0.1) is 5.41 Å². The lowest BCUT2D eigenvalue weighted by atomic mass is 9.91. The number of rotatable bonds is 5. The number of aryl methyl sites for hydroxylation is 1. The van der Waals surface area contributed by atoms with Gasteiger partial charge in [-0.15, -0.1) is 0 Å². The average molecular weight is 234 g/mol. The van der Waals surface area contributed by atoms with Crippen LogP contribution in [0.15, 0.2) is 24.3 Å². The Labute approximate surface area is 104 Å². The lowest BCUT2D eigenvalue weighted by molar-refractivity contribution is -0.128. The van der Waals surface area contributed by atoms with Gasteiger partial charge in [0.25, 0.3) is 0 Å². The molecule has 1 aromatic carbocycles. The van der Waals surface area contributed by atoms with Crippen molar-refractivity contribution in [3.05, 3.63) is 29.8 Å². The van der Waals surface area contributed by atoms with Gasteiger partial charge in [-0.1, -0.05) is 46.2 Å². The minimum atomic E-state index is -0.331. The molecule has 0 fully saturated rings. The standard InChI is InChI=1S/C15H22O2/c1-5-6-12-7-9-13(10-8-12)17-11-14(16)15(2,3)4/h7-10H,5-6,11H2,1-4H3. The van der Waals surface area contributed by atoms with Gasteiger partial charge in [-0.05, 0) is 24.1 Å². The quantitative estimate of drug-likeness (QED) is 0.777. The fourth-order valence-corrected chi connectivity index (χ4v) is 1.41. The van der Waals surface area contributed by atoms with Crippen LogP contribution in [0.2, 0.25) is 0 Å². The van der Waals surface area contributed by atoms with Crippen LogP contribution in [0.1, 0.15) is 39.7 Å². The zero-order valence-corrected chi connectivity index (χ0v) is 11.2. The Morgan fingerprint density at radius 2 is 1.76 bits per heavy atom. The molecule has 0 saturated carbocycles. The van der Waals surface area contributed by atoms with E-state index >= 15 is 0 Å². The third-order valence-electron chi connectivity index (χ3n) is 2.67. The lowest BCUT2D eigenvalue weighted by Gasteiger charge is -2.16. The second-order valence-electron chi connectivity index (χ2n) is 5.36. The zero-order chi connectivity index (χ0) is 12.9. The van der Waals surface area contributed by atoms with Gasteiger partial charge in [0.05, 0.1) is 0 Å². The van der Waals surface area contributed by atoms with Crippen molar-refractivity contribution in [1.29, 1.82) is 0 Å². The summed E-state index contributed by atoms with van der Waals surface area (Å²) < 4.78 is 5.48. The molecular formula is C15H22O2. The van der Waals surface area contributed by atoms with Crippen molar-refractivity contribution < 1.29 is 9.53 Å². The zero-order valence-electron chi connectivity index (χ0n) is 11.2. The van der Waals surface area contributed by atoms with Crippen LogP contribution in [0.4, 0.5) is 0 Å². The van der Waals surface area contributed by atoms with Crippen LogP contribution in [-0.2, 0) is 11.2 Å². The van der Waals surface area contributed by atoms with E-state index in [2.05, 4.69) is 19.1 Å². The van der Waals surface area contributed by atoms with Crippen LogP contribution < -0.4 is 4.74 Å². The Bertz CT molecular complexity index is 358. The molecule has 0 bridgehead atoms. The van der Waals surface area contributed by atoms with Crippen molar-refractivity contribution in [1.82, 2.24) is 0 Å². The molecule has 0 aromatic heterocycles. The van der Waals surface area contributed by atoms with Crippen LogP contribution in [-0.4, -0.2) is 12.4 Å². The summed E-state index contributed by atoms with van der Waals surface area (Å²) in [6.45, 7) is 8.03. The average Bonchev–Trinajstić information content (AvgIpc) is 2.27. The second kappa shape index (κ2) is 5.85. The highest BCUT2D eigenvalue weighted by Gasteiger charge is 2.21. The summed E-state index contributed by atoms with van der Waals surface area (Å²) in [5.41, 5.74) is 0.976. The lowest BCUT2D eigenvalue weighted by Crippen LogP contribution is -2.26. The predicted molar refractivity (Wildman–Crippen MR) is 70.4 cm³/mol. The van der Waals surface area contributed by atoms with Crippen LogP contribution in [0.25, 0.3) is 0 Å². The van der Waals surface area contributed by atoms with Crippen molar-refractivity contribution in [3.63, 3.8) is 0 Å². The highest BCUT2D eigenvalue weighted by molar-refractivity contribution is 5.85. The molecule has 0 saturated heterocycles. The maximum Gasteiger partial charge on any atom is 0.175 e. The Kier molecular flexibility index (Phi) is 4.73. The molecule has 0 aliphatic heterocycles. The van der Waals surface area contributed by atoms with E-state index < -0.39 is 0 Å². The molecule has 0 aliphatic rings. The number of Topliss-reactive ketones (excluding diaryl/α,β-unsaturated/α-hetero) is 1. The molecule has 17 heavy (non-hydrogen) atoms. The molecule has 2 heteroatoms. The molecule has 0 spiro atoms. The number of carbonyl (C=O) groups is 1. The Morgan fingerprint density at radius 3 is 2.24 bits per heavy atom. The number of benzene rings is 1. The fraction of sp³-hybridized carbons (Fsp3) is 0.533. The van der Waals surface area contributed by atoms with Crippen LogP contribution >= 0.6 is 0 Å². The van der Waals surface area contributed by atoms with E-state index in [0.717, 1.165) is 18.6 Å². The Balaban J connectivity index is 2.50. The fourth-order valence-electron chi connectivity index (χ4n) is 1.41. The summed E-state index contributed by atoms with van der Waals surface area (Å²) in [5.74, 6) is 0.887. The van der Waals surface area contributed by atoms with Gasteiger partial charge in [-0.3, -0.25) is 4.79 Å². The van der Waals surface area contributed by atoms with Crippen molar-refractivity contribution in [2.75, 3.05) is 6.61 Å². The van der Waals surface area contributed by atoms with Gasteiger partial charge < -0.3 is 4.74 Å². The first-order valence-electron chi connectivity index (χ1n) is 6.18. The molecule has 94 valence electrons. The number of ketones is 1. The third kappa shape index (κ3) is 4.59. The van der Waals surface area contributed by atoms with Crippen molar-refractivity contribution in [2.24, 2.45) is 5.41 Å². The van der Waals surface area contributed by atoms with E-state index in [1.165, 1.54) is 5.56 Å². The van der Waals surface area contributed by atoms with E-state index in [-0.39, 0.29) is 17.8 Å². The van der Waals surface area contributed by atoms with Gasteiger partial charge in [0.2, 0.25) is 0 Å². The molecule has 1 rings (SSSR count). The third-order valence-corrected chi connectivity index (χ3v) is 2.67. The van der Waals surface area contributed by atoms with Gasteiger partial charge in [0.1, 0.15) is 12.4 Å². The van der Waals surface area contributed by atoms with Crippen LogP contribution in [0.5, 0.6) is 5.75 Å². The van der Waals surface area contributed by atoms with Gasteiger partial charge >= 0.3 is 0 Å². The molecule has 0 N–H and O–H groups in total. The van der Waals surface area contributed by atoms with Gasteiger partial charge in [0, 0.05) is 5.41 Å². The molecular weight excluding hydrogens is 212 g/mol. The first kappa shape index (κ1) is 13.8. The van der Waals surface area contributed by atoms with Crippen LogP contribution in [0.3, 0.4) is 0 Å². The molecule has 0 atom stereocenters. The summed E-state index contributed by atoms with van der Waals surface area (Å²) in [6.07, 6.45) is 2.23. The monoisotopic (exact) mass is 234 g/mol. The Morgan fingerprint density at radius 1 is 1.18 bits per heavy atom. The van der Waals surface area contributed by atoms with E-state index in [0.29, 0.717) is 0 Å². The highest BCUT2D eigenvalue weighted by atomic mass is 16.5. The minimum absolute atomic E-state index is 0.120. The van der Waals surface area contributed by atoms with Crippen molar-refractivity contribution >= 4 is 5.78 Å². The summed E-state index contributed by atoms with van der Waals surface area (Å²) in [6, 6.07) is 7.97. The molecule has 1 aromatic rings. The predicted octanol–water partition coefficient (Wildman–Crippen LogP) is 3.63. The normalized spacial score (nSPS) is 11.3. The number of ether oxygens (including phenoxy) is 1. The SMILES string of the molecule is CCCc1ccc(OCC(=O)C(C)(C)C)cc1. The topological polar surface area (TPSA) is 26.3 Å². The maximum absolute atomic E-state index is 11.7. The molecule has 0 radical (unpaired) electrons. The maximum atomic E-state index is 11.7. The molecule has 0 unspecified atom stereocenters. The molecule has 0 amide bonds. The van der Waals surface area contributed by atoms with E-state index in [9.17, 15) is 4.79 Å². The van der Waals surface area contributed by atoms with Gasteiger partial charge in [-0.25, -0.2) is 0 Å². The number of hydrogen-bond acceptors (Lipinski definition) is 2. The second-order valence-corrected chi connectivity index (χ2v) is 5.36. The summed E-state index contributed by atoms with van der Waals surface area (Å²) in [4.78, 5) is 11.7. The molecule has 0 aliphatic carbocycles. The van der Waals surface area contributed by atoms with Gasteiger partial charge in [0.15, 0.2) is 5.78 Å². The van der Waals surface area contributed by atoms with E-state index in [1.807, 2.05) is 32.9 Å². The Hall–Kier alpha value is -1.31. The van der Waals surface area contributed by atoms with Gasteiger partial charge in [-0.2, -0.15) is 0 Å². The minimum Gasteiger partial charge on any atom is -0.486 e. The first-order chi connectivity index (χ1) is 7.93. The van der Waals surface area contributed by atoms with Crippen molar-refractivity contribution in [3.8, 4) is 5.75 Å². The highest BCUT2D eigenvalue weighted by Crippen LogP contribution is 2.17. The summed E-state index contributed by atoms with van der Waals surface area (Å²) >= 11 is 0. The molecule has 2 nitrogen and oxygen atoms in total. The van der Waals surface area contributed by atoms with Crippen molar-refractivity contribution in [2.45, 2.75) is 40.5 Å². The largest absolute Gasteiger partial charge is 0.486 e. The smallest absolute Gasteiger partial charge is 0.175 e. The van der Waals surface area contributed by atoms with E-state index in [4.69, 9.17) is 4.74 Å². The summed E-state index contributed by atoms with van der Waals surface area (Å²) in [7, 11) is 0. The van der Waals surface area contributed by atoms with E-state index in [1.54, 1.807) is 0 Å². The molecule has 0 heterocycles.